The molecule has 20 heavy (non-hydrogen) atoms. The van der Waals surface area contributed by atoms with Gasteiger partial charge in [-0.1, -0.05) is 37.1 Å². The molecule has 0 aliphatic rings. The topological polar surface area (TPSA) is 84.0 Å². The maximum absolute atomic E-state index is 12.0. The van der Waals surface area contributed by atoms with Gasteiger partial charge in [-0.25, -0.2) is 0 Å². The molecule has 1 amide bonds. The van der Waals surface area contributed by atoms with Crippen molar-refractivity contribution in [1.82, 2.24) is 20.6 Å². The summed E-state index contributed by atoms with van der Waals surface area (Å²) in [7, 11) is 1.57. The molecule has 0 atom stereocenters. The average Bonchev–Trinajstić information content (AvgIpc) is 2.98. The number of aromatic nitrogens is 4. The van der Waals surface area contributed by atoms with E-state index in [2.05, 4.69) is 34.5 Å². The van der Waals surface area contributed by atoms with Crippen LogP contribution in [0.5, 0.6) is 5.75 Å². The summed E-state index contributed by atoms with van der Waals surface area (Å²) in [6.45, 7) is 4.08. The van der Waals surface area contributed by atoms with Crippen LogP contribution in [0.25, 0.3) is 0 Å². The lowest BCUT2D eigenvalue weighted by Gasteiger charge is -2.16. The Kier molecular flexibility index (Phi) is 4.29. The Bertz CT molecular complexity index is 568. The molecule has 0 saturated heterocycles. The van der Waals surface area contributed by atoms with E-state index in [9.17, 15) is 4.79 Å². The van der Waals surface area contributed by atoms with Crippen molar-refractivity contribution in [1.29, 1.82) is 0 Å². The number of nitrogens with zero attached hydrogens (tertiary/aromatic N) is 4. The van der Waals surface area contributed by atoms with Gasteiger partial charge in [0.25, 0.3) is 11.9 Å². The number of hydrogen-bond acceptors (Lipinski definition) is 5. The molecule has 7 nitrogen and oxygen atoms in total. The van der Waals surface area contributed by atoms with E-state index in [0.29, 0.717) is 5.92 Å². The fourth-order valence-electron chi connectivity index (χ4n) is 1.74. The second kappa shape index (κ2) is 6.14. The fourth-order valence-corrected chi connectivity index (χ4v) is 1.74. The van der Waals surface area contributed by atoms with Crippen molar-refractivity contribution in [3.05, 3.63) is 29.8 Å². The summed E-state index contributed by atoms with van der Waals surface area (Å²) < 4.78 is 5.60. The number of tetrazole rings is 1. The van der Waals surface area contributed by atoms with Crippen LogP contribution < -0.4 is 9.64 Å². The van der Waals surface area contributed by atoms with Crippen LogP contribution in [0.3, 0.4) is 0 Å². The molecule has 2 rings (SSSR count). The third kappa shape index (κ3) is 3.11. The standard InChI is InChI=1S/C13H17N5O2/c1-9(2)10-6-4-5-7-11(10)20-8-12(19)18(3)13-14-16-17-15-13/h4-7,9H,8H2,1-3H3,(H,14,15,16,17). The van der Waals surface area contributed by atoms with Gasteiger partial charge in [0, 0.05) is 7.05 Å². The number of aromatic amines is 1. The maximum atomic E-state index is 12.0. The average molecular weight is 275 g/mol. The molecular formula is C13H17N5O2. The molecule has 0 radical (unpaired) electrons. The molecule has 1 aromatic heterocycles. The van der Waals surface area contributed by atoms with E-state index in [1.807, 2.05) is 24.3 Å². The lowest BCUT2D eigenvalue weighted by atomic mass is 10.0. The zero-order valence-corrected chi connectivity index (χ0v) is 11.7. The molecule has 7 heteroatoms. The third-order valence-electron chi connectivity index (χ3n) is 2.90. The zero-order valence-electron chi connectivity index (χ0n) is 11.7. The van der Waals surface area contributed by atoms with E-state index >= 15 is 0 Å². The van der Waals surface area contributed by atoms with Crippen molar-refractivity contribution in [2.24, 2.45) is 0 Å². The van der Waals surface area contributed by atoms with Gasteiger partial charge in [0.1, 0.15) is 5.75 Å². The molecule has 0 aliphatic carbocycles. The number of H-pyrrole nitrogens is 1. The number of para-hydroxylation sites is 1. The third-order valence-corrected chi connectivity index (χ3v) is 2.90. The largest absolute Gasteiger partial charge is 0.483 e. The highest BCUT2D eigenvalue weighted by molar-refractivity contribution is 5.92. The zero-order chi connectivity index (χ0) is 14.5. The Morgan fingerprint density at radius 3 is 2.80 bits per heavy atom. The fraction of sp³-hybridized carbons (Fsp3) is 0.385. The first kappa shape index (κ1) is 14.0. The van der Waals surface area contributed by atoms with Crippen LogP contribution in [0, 0.1) is 0 Å². The quantitative estimate of drug-likeness (QED) is 0.890. The maximum Gasteiger partial charge on any atom is 0.272 e. The summed E-state index contributed by atoms with van der Waals surface area (Å²) >= 11 is 0. The monoisotopic (exact) mass is 275 g/mol. The van der Waals surface area contributed by atoms with Gasteiger partial charge in [0.05, 0.1) is 0 Å². The lowest BCUT2D eigenvalue weighted by Crippen LogP contribution is -2.32. The number of carbonyl (C=O) groups is 1. The first-order valence-electron chi connectivity index (χ1n) is 6.31. The Balaban J connectivity index is 2.00. The summed E-state index contributed by atoms with van der Waals surface area (Å²) in [5, 5.41) is 13.2. The van der Waals surface area contributed by atoms with Crippen molar-refractivity contribution in [3.63, 3.8) is 0 Å². The van der Waals surface area contributed by atoms with Gasteiger partial charge < -0.3 is 4.74 Å². The van der Waals surface area contributed by atoms with Crippen molar-refractivity contribution in [3.8, 4) is 5.75 Å². The van der Waals surface area contributed by atoms with Crippen molar-refractivity contribution in [2.75, 3.05) is 18.6 Å². The molecule has 1 heterocycles. The van der Waals surface area contributed by atoms with Crippen LogP contribution in [0.4, 0.5) is 5.95 Å². The second-order valence-electron chi connectivity index (χ2n) is 4.65. The van der Waals surface area contributed by atoms with Crippen molar-refractivity contribution < 1.29 is 9.53 Å². The van der Waals surface area contributed by atoms with Crippen LogP contribution in [-0.4, -0.2) is 40.2 Å². The molecular weight excluding hydrogens is 258 g/mol. The van der Waals surface area contributed by atoms with E-state index in [-0.39, 0.29) is 18.5 Å². The molecule has 1 aromatic carbocycles. The number of nitrogens with one attached hydrogen (secondary N) is 1. The summed E-state index contributed by atoms with van der Waals surface area (Å²) in [5.41, 5.74) is 1.07. The van der Waals surface area contributed by atoms with Crippen LogP contribution >= 0.6 is 0 Å². The van der Waals surface area contributed by atoms with E-state index in [1.54, 1.807) is 7.05 Å². The van der Waals surface area contributed by atoms with Crippen LogP contribution in [0.2, 0.25) is 0 Å². The minimum absolute atomic E-state index is 0.0746. The van der Waals surface area contributed by atoms with Crippen molar-refractivity contribution in [2.45, 2.75) is 19.8 Å². The van der Waals surface area contributed by atoms with Gasteiger partial charge in [-0.3, -0.25) is 9.69 Å². The minimum Gasteiger partial charge on any atom is -0.483 e. The molecule has 0 spiro atoms. The molecule has 0 fully saturated rings. The Hall–Kier alpha value is -2.44. The number of benzene rings is 1. The predicted octanol–water partition coefficient (Wildman–Crippen LogP) is 1.36. The highest BCUT2D eigenvalue weighted by Gasteiger charge is 2.16. The van der Waals surface area contributed by atoms with Crippen LogP contribution in [0.1, 0.15) is 25.3 Å². The Morgan fingerprint density at radius 2 is 2.15 bits per heavy atom. The normalized spacial score (nSPS) is 10.6. The first-order valence-corrected chi connectivity index (χ1v) is 6.31. The summed E-state index contributed by atoms with van der Waals surface area (Å²) in [6.07, 6.45) is 0. The lowest BCUT2D eigenvalue weighted by molar-refractivity contribution is -0.120. The van der Waals surface area contributed by atoms with Gasteiger partial charge in [-0.15, -0.1) is 5.10 Å². The Morgan fingerprint density at radius 1 is 1.40 bits per heavy atom. The number of ether oxygens (including phenoxy) is 1. The predicted molar refractivity (Wildman–Crippen MR) is 73.6 cm³/mol. The van der Waals surface area contributed by atoms with Gasteiger partial charge in [-0.2, -0.15) is 5.21 Å². The van der Waals surface area contributed by atoms with Gasteiger partial charge >= 0.3 is 0 Å². The molecule has 0 aliphatic heterocycles. The number of hydrogen-bond donors (Lipinski definition) is 1. The van der Waals surface area contributed by atoms with E-state index in [4.69, 9.17) is 4.74 Å². The SMILES string of the molecule is CC(C)c1ccccc1OCC(=O)N(C)c1nn[nH]n1. The van der Waals surface area contributed by atoms with E-state index < -0.39 is 0 Å². The Labute approximate surface area is 116 Å². The van der Waals surface area contributed by atoms with Crippen LogP contribution in [0.15, 0.2) is 24.3 Å². The van der Waals surface area contributed by atoms with Crippen molar-refractivity contribution >= 4 is 11.9 Å². The molecule has 0 unspecified atom stereocenters. The summed E-state index contributed by atoms with van der Waals surface area (Å²) in [4.78, 5) is 13.3. The molecule has 106 valence electrons. The van der Waals surface area contributed by atoms with Gasteiger partial charge in [0.15, 0.2) is 6.61 Å². The molecule has 1 N–H and O–H groups in total. The number of amides is 1. The van der Waals surface area contributed by atoms with Gasteiger partial charge in [-0.05, 0) is 22.8 Å². The summed E-state index contributed by atoms with van der Waals surface area (Å²) in [5.74, 6) is 1.02. The highest BCUT2D eigenvalue weighted by Crippen LogP contribution is 2.25. The number of carbonyl (C=O) groups excluding carboxylic acids is 1. The van der Waals surface area contributed by atoms with Gasteiger partial charge in [0.2, 0.25) is 0 Å². The summed E-state index contributed by atoms with van der Waals surface area (Å²) in [6, 6.07) is 7.69. The minimum atomic E-state index is -0.245. The number of anilines is 1. The number of rotatable bonds is 5. The van der Waals surface area contributed by atoms with Crippen LogP contribution in [-0.2, 0) is 4.79 Å². The molecule has 0 bridgehead atoms. The number of likely N-dealkylation sites (N-methyl/N-ethyl adjacent to an activating group) is 1. The first-order chi connectivity index (χ1) is 9.59. The van der Waals surface area contributed by atoms with E-state index in [1.165, 1.54) is 4.90 Å². The molecule has 2 aromatic rings. The van der Waals surface area contributed by atoms with E-state index in [0.717, 1.165) is 11.3 Å². The second-order valence-corrected chi connectivity index (χ2v) is 4.65. The smallest absolute Gasteiger partial charge is 0.272 e. The molecule has 0 saturated carbocycles. The highest BCUT2D eigenvalue weighted by atomic mass is 16.5.